The highest BCUT2D eigenvalue weighted by molar-refractivity contribution is 5.97. The zero-order chi connectivity index (χ0) is 19.0. The molecule has 1 saturated heterocycles. The van der Waals surface area contributed by atoms with Gasteiger partial charge in [0.15, 0.2) is 0 Å². The van der Waals surface area contributed by atoms with Crippen LogP contribution in [0.15, 0.2) is 0 Å². The second kappa shape index (κ2) is 9.36. The molecule has 0 radical (unpaired) electrons. The number of ether oxygens (including phenoxy) is 1. The average Bonchev–Trinajstić information content (AvgIpc) is 2.78. The molecule has 0 aromatic rings. The molecular weight excluding hydrogens is 336 g/mol. The molecule has 1 aliphatic heterocycles. The molecule has 0 amide bonds. The lowest BCUT2D eigenvalue weighted by atomic mass is 9.82. The minimum absolute atomic E-state index is 0.0322. The number of rotatable bonds is 12. The first-order valence-corrected chi connectivity index (χ1v) is 8.32. The van der Waals surface area contributed by atoms with Crippen LogP contribution in [0, 0.1) is 5.92 Å². The lowest BCUT2D eigenvalue weighted by Crippen LogP contribution is -2.54. The fourth-order valence-corrected chi connectivity index (χ4v) is 3.00. The van der Waals surface area contributed by atoms with Gasteiger partial charge in [0.2, 0.25) is 11.7 Å². The Morgan fingerprint density at radius 3 is 1.92 bits per heavy atom. The standard InChI is InChI=1S/C16H24O9/c17-11(18)9-7-5-3-1-2-4-6-8-10-14(21)25-12(13(19)20)16(10,24)15(22)23/h10,12,24H,1-9H2,(H,17,18)(H,19,20)(H,22,23)/t10-,12+,16+/m1/s1. The highest BCUT2D eigenvalue weighted by Crippen LogP contribution is 2.37. The first-order chi connectivity index (χ1) is 11.7. The molecule has 0 aromatic heterocycles. The maximum atomic E-state index is 11.7. The fourth-order valence-electron chi connectivity index (χ4n) is 3.00. The van der Waals surface area contributed by atoms with E-state index in [1.807, 2.05) is 0 Å². The average molecular weight is 360 g/mol. The molecule has 1 aliphatic rings. The number of cyclic esters (lactones) is 1. The van der Waals surface area contributed by atoms with Crippen molar-refractivity contribution < 1.29 is 44.3 Å². The molecule has 0 aromatic carbocycles. The molecule has 1 heterocycles. The van der Waals surface area contributed by atoms with Gasteiger partial charge in [0.25, 0.3) is 0 Å². The van der Waals surface area contributed by atoms with Crippen LogP contribution in [0.4, 0.5) is 0 Å². The number of carboxylic acid groups (broad SMARTS) is 3. The Kier molecular flexibility index (Phi) is 7.82. The molecule has 4 N–H and O–H groups in total. The number of carboxylic acids is 3. The highest BCUT2D eigenvalue weighted by atomic mass is 16.6. The van der Waals surface area contributed by atoms with Gasteiger partial charge in [-0.15, -0.1) is 0 Å². The van der Waals surface area contributed by atoms with Crippen molar-refractivity contribution in [3.05, 3.63) is 0 Å². The summed E-state index contributed by atoms with van der Waals surface area (Å²) in [7, 11) is 0. The molecule has 142 valence electrons. The van der Waals surface area contributed by atoms with Gasteiger partial charge in [0, 0.05) is 6.42 Å². The summed E-state index contributed by atoms with van der Waals surface area (Å²) in [5.41, 5.74) is -2.75. The van der Waals surface area contributed by atoms with E-state index in [0.29, 0.717) is 19.3 Å². The third kappa shape index (κ3) is 5.42. The lowest BCUT2D eigenvalue weighted by Gasteiger charge is -2.24. The lowest BCUT2D eigenvalue weighted by molar-refractivity contribution is -0.179. The molecular formula is C16H24O9. The van der Waals surface area contributed by atoms with Gasteiger partial charge < -0.3 is 25.2 Å². The van der Waals surface area contributed by atoms with Crippen LogP contribution >= 0.6 is 0 Å². The Labute approximate surface area is 144 Å². The van der Waals surface area contributed by atoms with Crippen molar-refractivity contribution in [3.63, 3.8) is 0 Å². The number of esters is 1. The second-order valence-corrected chi connectivity index (χ2v) is 6.25. The number of aliphatic carboxylic acids is 3. The Morgan fingerprint density at radius 1 is 0.920 bits per heavy atom. The van der Waals surface area contributed by atoms with E-state index < -0.39 is 41.5 Å². The second-order valence-electron chi connectivity index (χ2n) is 6.25. The van der Waals surface area contributed by atoms with Crippen LogP contribution < -0.4 is 0 Å². The van der Waals surface area contributed by atoms with E-state index in [-0.39, 0.29) is 12.8 Å². The molecule has 1 fully saturated rings. The Bertz CT molecular complexity index is 516. The summed E-state index contributed by atoms with van der Waals surface area (Å²) < 4.78 is 4.54. The Morgan fingerprint density at radius 2 is 1.44 bits per heavy atom. The van der Waals surface area contributed by atoms with Crippen molar-refractivity contribution in [1.29, 1.82) is 0 Å². The van der Waals surface area contributed by atoms with Crippen molar-refractivity contribution in [2.75, 3.05) is 0 Å². The van der Waals surface area contributed by atoms with Gasteiger partial charge in [-0.3, -0.25) is 9.59 Å². The quantitative estimate of drug-likeness (QED) is 0.294. The zero-order valence-corrected chi connectivity index (χ0v) is 13.8. The third-order valence-corrected chi connectivity index (χ3v) is 4.40. The third-order valence-electron chi connectivity index (χ3n) is 4.40. The van der Waals surface area contributed by atoms with Gasteiger partial charge in [-0.25, -0.2) is 9.59 Å². The first-order valence-electron chi connectivity index (χ1n) is 8.32. The largest absolute Gasteiger partial charge is 0.481 e. The number of hydrogen-bond donors (Lipinski definition) is 4. The van der Waals surface area contributed by atoms with Gasteiger partial charge in [-0.1, -0.05) is 38.5 Å². The molecule has 0 bridgehead atoms. The van der Waals surface area contributed by atoms with Crippen molar-refractivity contribution in [2.24, 2.45) is 5.92 Å². The van der Waals surface area contributed by atoms with Crippen LogP contribution in [0.3, 0.4) is 0 Å². The van der Waals surface area contributed by atoms with Crippen LogP contribution in [0.2, 0.25) is 0 Å². The van der Waals surface area contributed by atoms with E-state index in [1.165, 1.54) is 0 Å². The molecule has 25 heavy (non-hydrogen) atoms. The number of aliphatic hydroxyl groups is 1. The summed E-state index contributed by atoms with van der Waals surface area (Å²) in [5.74, 6) is -6.70. The van der Waals surface area contributed by atoms with Crippen molar-refractivity contribution >= 4 is 23.9 Å². The van der Waals surface area contributed by atoms with Gasteiger partial charge in [-0.2, -0.15) is 0 Å². The molecule has 0 spiro atoms. The normalized spacial score (nSPS) is 25.6. The molecule has 0 unspecified atom stereocenters. The van der Waals surface area contributed by atoms with Crippen molar-refractivity contribution in [2.45, 2.75) is 69.5 Å². The Balaban J connectivity index is 2.36. The van der Waals surface area contributed by atoms with Gasteiger partial charge in [-0.05, 0) is 12.8 Å². The predicted molar refractivity (Wildman–Crippen MR) is 82.8 cm³/mol. The van der Waals surface area contributed by atoms with Crippen LogP contribution in [-0.4, -0.2) is 56.0 Å². The molecule has 9 heteroatoms. The molecule has 9 nitrogen and oxygen atoms in total. The van der Waals surface area contributed by atoms with E-state index >= 15 is 0 Å². The first kappa shape index (κ1) is 20.9. The van der Waals surface area contributed by atoms with E-state index in [2.05, 4.69) is 4.74 Å². The smallest absolute Gasteiger partial charge is 0.348 e. The summed E-state index contributed by atoms with van der Waals surface area (Å²) in [6, 6.07) is 0. The van der Waals surface area contributed by atoms with Crippen LogP contribution in [0.5, 0.6) is 0 Å². The maximum absolute atomic E-state index is 11.7. The zero-order valence-electron chi connectivity index (χ0n) is 13.8. The summed E-state index contributed by atoms with van der Waals surface area (Å²) >= 11 is 0. The topological polar surface area (TPSA) is 158 Å². The minimum atomic E-state index is -2.75. The van der Waals surface area contributed by atoms with Crippen LogP contribution in [-0.2, 0) is 23.9 Å². The van der Waals surface area contributed by atoms with Gasteiger partial charge in [0.1, 0.15) is 5.92 Å². The van der Waals surface area contributed by atoms with E-state index in [1.54, 1.807) is 0 Å². The molecule has 3 atom stereocenters. The summed E-state index contributed by atoms with van der Waals surface area (Å²) in [4.78, 5) is 44.4. The molecule has 0 saturated carbocycles. The molecule has 0 aliphatic carbocycles. The summed E-state index contributed by atoms with van der Waals surface area (Å²) in [6.07, 6.45) is 3.28. The van der Waals surface area contributed by atoms with E-state index in [0.717, 1.165) is 25.7 Å². The summed E-state index contributed by atoms with van der Waals surface area (Å²) in [6.45, 7) is 0. The number of carbonyl (C=O) groups excluding carboxylic acids is 1. The van der Waals surface area contributed by atoms with E-state index in [9.17, 15) is 24.3 Å². The Hall–Kier alpha value is -2.16. The fraction of sp³-hybridized carbons (Fsp3) is 0.750. The maximum Gasteiger partial charge on any atom is 0.348 e. The van der Waals surface area contributed by atoms with Crippen molar-refractivity contribution in [1.82, 2.24) is 0 Å². The predicted octanol–water partition coefficient (Wildman–Crippen LogP) is 1.02. The molecule has 1 rings (SSSR count). The monoisotopic (exact) mass is 360 g/mol. The van der Waals surface area contributed by atoms with Gasteiger partial charge in [0.05, 0.1) is 0 Å². The van der Waals surface area contributed by atoms with Gasteiger partial charge >= 0.3 is 23.9 Å². The van der Waals surface area contributed by atoms with Crippen molar-refractivity contribution in [3.8, 4) is 0 Å². The SMILES string of the molecule is O=C(O)CCCCCCCCC[C@@H]1C(=O)O[C@@H](C(=O)O)[C@]1(O)C(=O)O. The highest BCUT2D eigenvalue weighted by Gasteiger charge is 2.64. The number of carbonyl (C=O) groups is 4. The minimum Gasteiger partial charge on any atom is -0.481 e. The number of unbranched alkanes of at least 4 members (excludes halogenated alkanes) is 6. The number of hydrogen-bond acceptors (Lipinski definition) is 6. The van der Waals surface area contributed by atoms with E-state index in [4.69, 9.17) is 15.3 Å². The summed E-state index contributed by atoms with van der Waals surface area (Å²) in [5, 5.41) is 36.8. The van der Waals surface area contributed by atoms with Crippen LogP contribution in [0.25, 0.3) is 0 Å². The van der Waals surface area contributed by atoms with Crippen LogP contribution in [0.1, 0.15) is 57.8 Å².